The highest BCUT2D eigenvalue weighted by molar-refractivity contribution is 5.37. The molecule has 0 aliphatic heterocycles. The van der Waals surface area contributed by atoms with E-state index in [0.29, 0.717) is 11.6 Å². The number of alkyl halides is 3. The van der Waals surface area contributed by atoms with Crippen LogP contribution >= 0.6 is 0 Å². The molecule has 0 heterocycles. The Labute approximate surface area is 119 Å². The summed E-state index contributed by atoms with van der Waals surface area (Å²) in [6.45, 7) is 3.69. The summed E-state index contributed by atoms with van der Waals surface area (Å²) in [7, 11) is 0. The number of hydrogen-bond acceptors (Lipinski definition) is 1. The smallest absolute Gasteiger partial charge is 0.384 e. The van der Waals surface area contributed by atoms with Crippen molar-refractivity contribution in [2.75, 3.05) is 0 Å². The summed E-state index contributed by atoms with van der Waals surface area (Å²) in [6, 6.07) is 7.81. The summed E-state index contributed by atoms with van der Waals surface area (Å²) in [5.41, 5.74) is 1.10. The minimum atomic E-state index is -4.74. The predicted molar refractivity (Wildman–Crippen MR) is 71.4 cm³/mol. The van der Waals surface area contributed by atoms with Crippen LogP contribution < -0.4 is 0 Å². The van der Waals surface area contributed by atoms with Crippen LogP contribution in [0, 0.1) is 19.7 Å². The summed E-state index contributed by atoms with van der Waals surface area (Å²) in [6.07, 6.45) is -5.91. The highest BCUT2D eigenvalue weighted by Crippen LogP contribution is 2.33. The minimum absolute atomic E-state index is 0.0884. The first kappa shape index (κ1) is 15.5. The third-order valence-corrected chi connectivity index (χ3v) is 3.17. The molecule has 1 N–H and O–H groups in total. The molecular formula is C16H14F4O. The highest BCUT2D eigenvalue weighted by Gasteiger charge is 2.34. The molecule has 0 bridgehead atoms. The number of aryl methyl sites for hydroxylation is 2. The van der Waals surface area contributed by atoms with Crippen molar-refractivity contribution in [3.63, 3.8) is 0 Å². The Morgan fingerprint density at radius 3 is 1.95 bits per heavy atom. The van der Waals surface area contributed by atoms with E-state index < -0.39 is 23.7 Å². The monoisotopic (exact) mass is 298 g/mol. The summed E-state index contributed by atoms with van der Waals surface area (Å²) < 4.78 is 51.1. The highest BCUT2D eigenvalue weighted by atomic mass is 19.4. The average Bonchev–Trinajstić information content (AvgIpc) is 2.35. The number of hydrogen-bond donors (Lipinski definition) is 1. The first-order valence-electron chi connectivity index (χ1n) is 6.31. The Hall–Kier alpha value is -1.88. The van der Waals surface area contributed by atoms with E-state index >= 15 is 0 Å². The van der Waals surface area contributed by atoms with E-state index in [1.165, 1.54) is 0 Å². The molecule has 0 aromatic heterocycles. The van der Waals surface area contributed by atoms with Crippen LogP contribution in [0.1, 0.15) is 33.9 Å². The lowest BCUT2D eigenvalue weighted by molar-refractivity contribution is -0.140. The normalized spacial score (nSPS) is 13.3. The van der Waals surface area contributed by atoms with Crippen LogP contribution in [0.2, 0.25) is 0 Å². The second-order valence-electron chi connectivity index (χ2n) is 5.06. The largest absolute Gasteiger partial charge is 0.419 e. The molecule has 2 rings (SSSR count). The molecule has 5 heteroatoms. The van der Waals surface area contributed by atoms with E-state index in [0.717, 1.165) is 23.3 Å². The van der Waals surface area contributed by atoms with Crippen molar-refractivity contribution in [3.05, 3.63) is 70.0 Å². The van der Waals surface area contributed by atoms with Crippen LogP contribution in [0.3, 0.4) is 0 Å². The van der Waals surface area contributed by atoms with Crippen LogP contribution in [-0.2, 0) is 6.18 Å². The van der Waals surface area contributed by atoms with Gasteiger partial charge in [-0.05, 0) is 37.1 Å². The second-order valence-corrected chi connectivity index (χ2v) is 5.06. The van der Waals surface area contributed by atoms with E-state index in [1.54, 1.807) is 12.1 Å². The summed E-state index contributed by atoms with van der Waals surface area (Å²) in [4.78, 5) is 0. The molecular weight excluding hydrogens is 284 g/mol. The van der Waals surface area contributed by atoms with Gasteiger partial charge < -0.3 is 5.11 Å². The van der Waals surface area contributed by atoms with Gasteiger partial charge in [0.05, 0.1) is 5.56 Å². The summed E-state index contributed by atoms with van der Waals surface area (Å²) in [5.74, 6) is -1.39. The Balaban J connectivity index is 2.40. The van der Waals surface area contributed by atoms with Crippen molar-refractivity contribution >= 4 is 0 Å². The molecule has 0 radical (unpaired) electrons. The molecule has 1 atom stereocenters. The first-order chi connectivity index (χ1) is 9.68. The Bertz CT molecular complexity index is 642. The Morgan fingerprint density at radius 2 is 1.48 bits per heavy atom. The van der Waals surface area contributed by atoms with E-state index in [2.05, 4.69) is 0 Å². The van der Waals surface area contributed by atoms with Crippen molar-refractivity contribution in [2.45, 2.75) is 26.1 Å². The first-order valence-corrected chi connectivity index (χ1v) is 6.31. The van der Waals surface area contributed by atoms with Crippen LogP contribution in [0.25, 0.3) is 0 Å². The molecule has 21 heavy (non-hydrogen) atoms. The molecule has 0 saturated carbocycles. The minimum Gasteiger partial charge on any atom is -0.384 e. The van der Waals surface area contributed by atoms with Gasteiger partial charge in [-0.25, -0.2) is 4.39 Å². The van der Waals surface area contributed by atoms with Gasteiger partial charge in [0.1, 0.15) is 11.9 Å². The van der Waals surface area contributed by atoms with Crippen molar-refractivity contribution in [2.24, 2.45) is 0 Å². The fourth-order valence-electron chi connectivity index (χ4n) is 2.29. The SMILES string of the molecule is Cc1cc(C)cc(C(O)c2ccc(C(F)(F)F)c(F)c2)c1. The standard InChI is InChI=1S/C16H14F4O/c1-9-5-10(2)7-12(6-9)15(21)11-3-4-13(14(17)8-11)16(18,19)20/h3-8,15,21H,1-2H3. The van der Waals surface area contributed by atoms with Crippen LogP contribution in [0.15, 0.2) is 36.4 Å². The van der Waals surface area contributed by atoms with Crippen LogP contribution in [0.4, 0.5) is 17.6 Å². The van der Waals surface area contributed by atoms with E-state index in [-0.39, 0.29) is 5.56 Å². The zero-order valence-corrected chi connectivity index (χ0v) is 11.5. The zero-order chi connectivity index (χ0) is 15.8. The lowest BCUT2D eigenvalue weighted by Gasteiger charge is -2.15. The second kappa shape index (κ2) is 5.48. The van der Waals surface area contributed by atoms with Gasteiger partial charge in [-0.15, -0.1) is 0 Å². The molecule has 1 unspecified atom stereocenters. The molecule has 0 fully saturated rings. The molecule has 0 amide bonds. The predicted octanol–water partition coefficient (Wildman–Crippen LogP) is 4.54. The topological polar surface area (TPSA) is 20.2 Å². The van der Waals surface area contributed by atoms with E-state index in [1.807, 2.05) is 19.9 Å². The molecule has 0 saturated heterocycles. The van der Waals surface area contributed by atoms with Gasteiger partial charge in [0.2, 0.25) is 0 Å². The molecule has 1 nitrogen and oxygen atoms in total. The number of halogens is 4. The molecule has 0 aliphatic rings. The fourth-order valence-corrected chi connectivity index (χ4v) is 2.29. The zero-order valence-electron chi connectivity index (χ0n) is 11.5. The Morgan fingerprint density at radius 1 is 0.905 bits per heavy atom. The van der Waals surface area contributed by atoms with Gasteiger partial charge in [0.25, 0.3) is 0 Å². The maximum absolute atomic E-state index is 13.5. The lowest BCUT2D eigenvalue weighted by Crippen LogP contribution is -2.09. The fraction of sp³-hybridized carbons (Fsp3) is 0.250. The van der Waals surface area contributed by atoms with Crippen molar-refractivity contribution in [3.8, 4) is 0 Å². The van der Waals surface area contributed by atoms with Gasteiger partial charge in [-0.3, -0.25) is 0 Å². The molecule has 2 aromatic rings. The van der Waals surface area contributed by atoms with Crippen molar-refractivity contribution in [1.29, 1.82) is 0 Å². The number of rotatable bonds is 2. The Kier molecular flexibility index (Phi) is 4.05. The lowest BCUT2D eigenvalue weighted by atomic mass is 9.97. The molecule has 0 spiro atoms. The van der Waals surface area contributed by atoms with E-state index in [4.69, 9.17) is 0 Å². The molecule has 0 aliphatic carbocycles. The third kappa shape index (κ3) is 3.42. The van der Waals surface area contributed by atoms with Gasteiger partial charge in [-0.1, -0.05) is 35.4 Å². The van der Waals surface area contributed by atoms with Gasteiger partial charge >= 0.3 is 6.18 Å². The van der Waals surface area contributed by atoms with Gasteiger partial charge in [-0.2, -0.15) is 13.2 Å². The quantitative estimate of drug-likeness (QED) is 0.807. The maximum atomic E-state index is 13.5. The third-order valence-electron chi connectivity index (χ3n) is 3.17. The van der Waals surface area contributed by atoms with Crippen molar-refractivity contribution < 1.29 is 22.7 Å². The van der Waals surface area contributed by atoms with Crippen molar-refractivity contribution in [1.82, 2.24) is 0 Å². The summed E-state index contributed by atoms with van der Waals surface area (Å²) in [5, 5.41) is 10.2. The number of benzene rings is 2. The average molecular weight is 298 g/mol. The van der Waals surface area contributed by atoms with Crippen LogP contribution in [-0.4, -0.2) is 5.11 Å². The van der Waals surface area contributed by atoms with E-state index in [9.17, 15) is 22.7 Å². The molecule has 112 valence electrons. The number of aliphatic hydroxyl groups excluding tert-OH is 1. The summed E-state index contributed by atoms with van der Waals surface area (Å²) >= 11 is 0. The molecule has 2 aromatic carbocycles. The maximum Gasteiger partial charge on any atom is 0.419 e. The van der Waals surface area contributed by atoms with Gasteiger partial charge in [0, 0.05) is 0 Å². The van der Waals surface area contributed by atoms with Crippen LogP contribution in [0.5, 0.6) is 0 Å². The van der Waals surface area contributed by atoms with Gasteiger partial charge in [0.15, 0.2) is 0 Å². The number of aliphatic hydroxyl groups is 1.